The average Bonchev–Trinajstić information content (AvgIpc) is 2.64. The number of likely N-dealkylation sites (N-methyl/N-ethyl adjacent to an activating group) is 1. The Labute approximate surface area is 110 Å². The summed E-state index contributed by atoms with van der Waals surface area (Å²) in [6.45, 7) is 3.57. The zero-order chi connectivity index (χ0) is 11.5. The molecule has 1 saturated heterocycles. The van der Waals surface area contributed by atoms with Crippen LogP contribution in [0.4, 0.5) is 0 Å². The van der Waals surface area contributed by atoms with Crippen LogP contribution in [0, 0.1) is 0 Å². The van der Waals surface area contributed by atoms with Crippen LogP contribution in [0.25, 0.3) is 0 Å². The zero-order valence-corrected chi connectivity index (χ0v) is 12.4. The second-order valence-corrected chi connectivity index (χ2v) is 7.25. The molecule has 0 aliphatic carbocycles. The molecule has 0 saturated carbocycles. The first-order valence-electron chi connectivity index (χ1n) is 5.78. The highest BCUT2D eigenvalue weighted by atomic mass is 79.9. The van der Waals surface area contributed by atoms with Crippen molar-refractivity contribution in [2.75, 3.05) is 27.2 Å². The third-order valence-corrected chi connectivity index (χ3v) is 4.83. The van der Waals surface area contributed by atoms with E-state index >= 15 is 0 Å². The molecule has 1 aliphatic rings. The summed E-state index contributed by atoms with van der Waals surface area (Å²) < 4.78 is 1.24. The highest BCUT2D eigenvalue weighted by Crippen LogP contribution is 2.24. The number of hydrogen-bond acceptors (Lipinski definition) is 3. The number of thiophene rings is 1. The molecule has 0 amide bonds. The number of halogens is 1. The van der Waals surface area contributed by atoms with Crippen molar-refractivity contribution in [3.8, 4) is 0 Å². The normalized spacial score (nSPS) is 22.9. The largest absolute Gasteiger partial charge is 0.305 e. The Morgan fingerprint density at radius 2 is 2.31 bits per heavy atom. The highest BCUT2D eigenvalue weighted by molar-refractivity contribution is 9.11. The maximum Gasteiger partial charge on any atom is 0.0701 e. The Morgan fingerprint density at radius 3 is 2.94 bits per heavy atom. The van der Waals surface area contributed by atoms with Crippen molar-refractivity contribution in [1.29, 1.82) is 0 Å². The van der Waals surface area contributed by atoms with Crippen molar-refractivity contribution in [2.24, 2.45) is 0 Å². The van der Waals surface area contributed by atoms with E-state index in [2.05, 4.69) is 52.0 Å². The molecule has 2 heterocycles. The lowest BCUT2D eigenvalue weighted by Crippen LogP contribution is -2.44. The lowest BCUT2D eigenvalue weighted by atomic mass is 10.1. The van der Waals surface area contributed by atoms with Gasteiger partial charge in [0.15, 0.2) is 0 Å². The molecular formula is C12H19BrN2S. The predicted octanol–water partition coefficient (Wildman–Crippen LogP) is 3.04. The molecule has 0 N–H and O–H groups in total. The molecule has 0 radical (unpaired) electrons. The number of hydrogen-bond donors (Lipinski definition) is 0. The summed E-state index contributed by atoms with van der Waals surface area (Å²) in [6.07, 6.45) is 2.67. The minimum absolute atomic E-state index is 0.733. The molecule has 4 heteroatoms. The van der Waals surface area contributed by atoms with Gasteiger partial charge in [0.2, 0.25) is 0 Å². The van der Waals surface area contributed by atoms with Crippen LogP contribution in [-0.4, -0.2) is 43.0 Å². The summed E-state index contributed by atoms with van der Waals surface area (Å²) in [7, 11) is 4.38. The van der Waals surface area contributed by atoms with E-state index in [-0.39, 0.29) is 0 Å². The van der Waals surface area contributed by atoms with E-state index in [1.807, 2.05) is 11.3 Å². The van der Waals surface area contributed by atoms with E-state index < -0.39 is 0 Å². The number of rotatable bonds is 3. The van der Waals surface area contributed by atoms with Crippen LogP contribution in [-0.2, 0) is 6.54 Å². The second-order valence-electron chi connectivity index (χ2n) is 4.70. The van der Waals surface area contributed by atoms with Crippen LogP contribution in [0.5, 0.6) is 0 Å². The van der Waals surface area contributed by atoms with Crippen molar-refractivity contribution in [2.45, 2.75) is 25.4 Å². The summed E-state index contributed by atoms with van der Waals surface area (Å²) in [6, 6.07) is 5.11. The van der Waals surface area contributed by atoms with E-state index in [1.54, 1.807) is 0 Å². The van der Waals surface area contributed by atoms with Crippen molar-refractivity contribution >= 4 is 27.3 Å². The van der Waals surface area contributed by atoms with Crippen LogP contribution in [0.1, 0.15) is 17.7 Å². The topological polar surface area (TPSA) is 6.48 Å². The molecule has 0 bridgehead atoms. The van der Waals surface area contributed by atoms with Gasteiger partial charge < -0.3 is 4.90 Å². The molecule has 2 rings (SSSR count). The van der Waals surface area contributed by atoms with Gasteiger partial charge in [-0.3, -0.25) is 4.90 Å². The summed E-state index contributed by atoms with van der Waals surface area (Å²) in [4.78, 5) is 6.40. The van der Waals surface area contributed by atoms with E-state index in [1.165, 1.54) is 34.6 Å². The quantitative estimate of drug-likeness (QED) is 0.847. The third-order valence-electron chi connectivity index (χ3n) is 3.22. The van der Waals surface area contributed by atoms with Gasteiger partial charge in [0, 0.05) is 24.0 Å². The Balaban J connectivity index is 1.90. The third kappa shape index (κ3) is 3.29. The molecule has 1 aromatic heterocycles. The van der Waals surface area contributed by atoms with E-state index in [0.29, 0.717) is 0 Å². The molecular weight excluding hydrogens is 284 g/mol. The predicted molar refractivity (Wildman–Crippen MR) is 74.0 cm³/mol. The minimum Gasteiger partial charge on any atom is -0.305 e. The molecule has 0 aromatic carbocycles. The average molecular weight is 303 g/mol. The molecule has 1 atom stereocenters. The van der Waals surface area contributed by atoms with Crippen LogP contribution in [0.15, 0.2) is 15.9 Å². The van der Waals surface area contributed by atoms with Crippen LogP contribution >= 0.6 is 27.3 Å². The standard InChI is InChI=1S/C12H19BrN2S/c1-14(2)10-4-3-7-15(8-10)9-11-5-6-12(13)16-11/h5-6,10H,3-4,7-9H2,1-2H3. The van der Waals surface area contributed by atoms with Gasteiger partial charge in [-0.15, -0.1) is 11.3 Å². The number of likely N-dealkylation sites (tertiary alicyclic amines) is 1. The maximum atomic E-state index is 3.52. The fourth-order valence-corrected chi connectivity index (χ4v) is 3.78. The summed E-state index contributed by atoms with van der Waals surface area (Å²) >= 11 is 5.38. The van der Waals surface area contributed by atoms with Gasteiger partial charge in [0.05, 0.1) is 3.79 Å². The number of piperidine rings is 1. The van der Waals surface area contributed by atoms with Gasteiger partial charge in [0.25, 0.3) is 0 Å². The molecule has 16 heavy (non-hydrogen) atoms. The Morgan fingerprint density at radius 1 is 1.50 bits per heavy atom. The molecule has 1 aliphatic heterocycles. The van der Waals surface area contributed by atoms with Gasteiger partial charge in [-0.25, -0.2) is 0 Å². The molecule has 2 nitrogen and oxygen atoms in total. The van der Waals surface area contributed by atoms with Crippen LogP contribution in [0.3, 0.4) is 0 Å². The Kier molecular flexibility index (Phi) is 4.41. The lowest BCUT2D eigenvalue weighted by molar-refractivity contribution is 0.129. The van der Waals surface area contributed by atoms with Crippen LogP contribution in [0.2, 0.25) is 0 Å². The van der Waals surface area contributed by atoms with Crippen molar-refractivity contribution in [1.82, 2.24) is 9.80 Å². The van der Waals surface area contributed by atoms with Crippen LogP contribution < -0.4 is 0 Å². The highest BCUT2D eigenvalue weighted by Gasteiger charge is 2.21. The van der Waals surface area contributed by atoms with Gasteiger partial charge >= 0.3 is 0 Å². The molecule has 1 aromatic rings. The summed E-state index contributed by atoms with van der Waals surface area (Å²) in [5.74, 6) is 0. The van der Waals surface area contributed by atoms with Gasteiger partial charge in [-0.05, 0) is 61.5 Å². The van der Waals surface area contributed by atoms with Gasteiger partial charge in [0.1, 0.15) is 0 Å². The van der Waals surface area contributed by atoms with Gasteiger partial charge in [-0.2, -0.15) is 0 Å². The van der Waals surface area contributed by atoms with E-state index in [4.69, 9.17) is 0 Å². The minimum atomic E-state index is 0.733. The molecule has 90 valence electrons. The van der Waals surface area contributed by atoms with E-state index in [0.717, 1.165) is 12.6 Å². The SMILES string of the molecule is CN(C)C1CCCN(Cc2ccc(Br)s2)C1. The molecule has 0 spiro atoms. The lowest BCUT2D eigenvalue weighted by Gasteiger charge is -2.35. The van der Waals surface area contributed by atoms with E-state index in [9.17, 15) is 0 Å². The Hall–Kier alpha value is 0.1000. The monoisotopic (exact) mass is 302 g/mol. The Bertz CT molecular complexity index is 338. The summed E-state index contributed by atoms with van der Waals surface area (Å²) in [5, 5.41) is 0. The number of nitrogens with zero attached hydrogens (tertiary/aromatic N) is 2. The van der Waals surface area contributed by atoms with Gasteiger partial charge in [-0.1, -0.05) is 0 Å². The second kappa shape index (κ2) is 5.63. The van der Waals surface area contributed by atoms with Crippen molar-refractivity contribution in [3.05, 3.63) is 20.8 Å². The zero-order valence-electron chi connectivity index (χ0n) is 9.95. The van der Waals surface area contributed by atoms with Crippen molar-refractivity contribution in [3.63, 3.8) is 0 Å². The first kappa shape index (κ1) is 12.6. The first-order valence-corrected chi connectivity index (χ1v) is 7.39. The fourth-order valence-electron chi connectivity index (χ4n) is 2.25. The first-order chi connectivity index (χ1) is 7.65. The summed E-state index contributed by atoms with van der Waals surface area (Å²) in [5.41, 5.74) is 0. The van der Waals surface area contributed by atoms with Crippen molar-refractivity contribution < 1.29 is 0 Å². The molecule has 1 unspecified atom stereocenters. The fraction of sp³-hybridized carbons (Fsp3) is 0.667. The smallest absolute Gasteiger partial charge is 0.0701 e. The molecule has 1 fully saturated rings. The maximum absolute atomic E-state index is 3.52.